The molecule has 31 heavy (non-hydrogen) atoms. The van der Waals surface area contributed by atoms with Gasteiger partial charge in [0.15, 0.2) is 0 Å². The van der Waals surface area contributed by atoms with Crippen LogP contribution in [0.2, 0.25) is 0 Å². The predicted octanol–water partition coefficient (Wildman–Crippen LogP) is 3.19. The first-order chi connectivity index (χ1) is 14.8. The predicted molar refractivity (Wildman–Crippen MR) is 122 cm³/mol. The Balaban J connectivity index is 1.63. The molecule has 3 N–H and O–H groups in total. The zero-order valence-electron chi connectivity index (χ0n) is 17.1. The van der Waals surface area contributed by atoms with Crippen LogP contribution in [0.5, 0.6) is 0 Å². The van der Waals surface area contributed by atoms with E-state index in [1.807, 2.05) is 17.5 Å². The molecule has 0 fully saturated rings. The standard InChI is InChI=1S/C22H23N3O4S2/c1-15-14-17(21(26)23-2)7-10-20(15)25-22(27)16-5-8-19(9-6-16)31(28,29)24-12-11-18-4-3-13-30-18/h3-10,13-14,24H,11-12H2,1-2H3,(H,23,26)(H,25,27). The highest BCUT2D eigenvalue weighted by Crippen LogP contribution is 2.18. The van der Waals surface area contributed by atoms with Crippen molar-refractivity contribution in [2.75, 3.05) is 18.9 Å². The van der Waals surface area contributed by atoms with Crippen LogP contribution in [-0.2, 0) is 16.4 Å². The summed E-state index contributed by atoms with van der Waals surface area (Å²) in [6.45, 7) is 2.09. The second-order valence-electron chi connectivity index (χ2n) is 6.81. The third kappa shape index (κ3) is 5.78. The highest BCUT2D eigenvalue weighted by molar-refractivity contribution is 7.89. The molecule has 3 aromatic rings. The summed E-state index contributed by atoms with van der Waals surface area (Å²) in [4.78, 5) is 25.5. The summed E-state index contributed by atoms with van der Waals surface area (Å²) >= 11 is 1.58. The number of carbonyl (C=O) groups excluding carboxylic acids is 2. The summed E-state index contributed by atoms with van der Waals surface area (Å²) in [5.74, 6) is -0.577. The number of anilines is 1. The average Bonchev–Trinajstić information content (AvgIpc) is 3.28. The fourth-order valence-electron chi connectivity index (χ4n) is 2.92. The first-order valence-electron chi connectivity index (χ1n) is 9.56. The molecule has 1 heterocycles. The average molecular weight is 458 g/mol. The minimum absolute atomic E-state index is 0.0985. The van der Waals surface area contributed by atoms with E-state index < -0.39 is 10.0 Å². The van der Waals surface area contributed by atoms with Gasteiger partial charge in [-0.15, -0.1) is 11.3 Å². The molecule has 0 unspecified atom stereocenters. The van der Waals surface area contributed by atoms with Gasteiger partial charge in [0.1, 0.15) is 0 Å². The second kappa shape index (κ2) is 9.86. The molecule has 162 valence electrons. The molecule has 0 radical (unpaired) electrons. The quantitative estimate of drug-likeness (QED) is 0.483. The van der Waals surface area contributed by atoms with Crippen LogP contribution in [0.15, 0.2) is 64.9 Å². The summed E-state index contributed by atoms with van der Waals surface area (Å²) < 4.78 is 27.5. The van der Waals surface area contributed by atoms with Gasteiger partial charge in [-0.25, -0.2) is 13.1 Å². The van der Waals surface area contributed by atoms with E-state index in [4.69, 9.17) is 0 Å². The Bertz CT molecular complexity index is 1170. The number of carbonyl (C=O) groups is 2. The molecule has 7 nitrogen and oxygen atoms in total. The van der Waals surface area contributed by atoms with Gasteiger partial charge in [-0.05, 0) is 72.8 Å². The van der Waals surface area contributed by atoms with Crippen LogP contribution in [0.3, 0.4) is 0 Å². The highest BCUT2D eigenvalue weighted by atomic mass is 32.2. The molecule has 0 spiro atoms. The number of hydrogen-bond acceptors (Lipinski definition) is 5. The van der Waals surface area contributed by atoms with Gasteiger partial charge in [-0.1, -0.05) is 6.07 Å². The van der Waals surface area contributed by atoms with Crippen LogP contribution in [-0.4, -0.2) is 33.8 Å². The fourth-order valence-corrected chi connectivity index (χ4v) is 4.66. The lowest BCUT2D eigenvalue weighted by molar-refractivity contribution is 0.0962. The Morgan fingerprint density at radius 3 is 2.29 bits per heavy atom. The monoisotopic (exact) mass is 457 g/mol. The third-order valence-corrected chi connectivity index (χ3v) is 7.05. The van der Waals surface area contributed by atoms with E-state index in [2.05, 4.69) is 15.4 Å². The summed E-state index contributed by atoms with van der Waals surface area (Å²) in [5, 5.41) is 7.29. The molecule has 1 aromatic heterocycles. The van der Waals surface area contributed by atoms with Gasteiger partial charge >= 0.3 is 0 Å². The van der Waals surface area contributed by atoms with Gasteiger partial charge in [0.2, 0.25) is 10.0 Å². The van der Waals surface area contributed by atoms with Crippen molar-refractivity contribution < 1.29 is 18.0 Å². The Hall–Kier alpha value is -3.01. The van der Waals surface area contributed by atoms with Crippen LogP contribution >= 0.6 is 11.3 Å². The molecule has 0 bridgehead atoms. The van der Waals surface area contributed by atoms with Gasteiger partial charge in [0, 0.05) is 35.3 Å². The summed E-state index contributed by atoms with van der Waals surface area (Å²) in [5.41, 5.74) is 2.14. The minimum Gasteiger partial charge on any atom is -0.355 e. The maximum atomic E-state index is 12.6. The normalized spacial score (nSPS) is 11.2. The molecule has 0 saturated heterocycles. The second-order valence-corrected chi connectivity index (χ2v) is 9.61. The first-order valence-corrected chi connectivity index (χ1v) is 11.9. The molecule has 0 atom stereocenters. The van der Waals surface area contributed by atoms with E-state index in [1.165, 1.54) is 24.3 Å². The minimum atomic E-state index is -3.65. The topological polar surface area (TPSA) is 104 Å². The van der Waals surface area contributed by atoms with E-state index >= 15 is 0 Å². The number of rotatable bonds is 8. The van der Waals surface area contributed by atoms with Gasteiger partial charge < -0.3 is 10.6 Å². The largest absolute Gasteiger partial charge is 0.355 e. The molecule has 2 amide bonds. The molecule has 0 aliphatic heterocycles. The molecular weight excluding hydrogens is 434 g/mol. The first kappa shape index (κ1) is 22.7. The van der Waals surface area contributed by atoms with Crippen molar-refractivity contribution >= 4 is 38.9 Å². The van der Waals surface area contributed by atoms with E-state index in [1.54, 1.807) is 43.5 Å². The fraction of sp³-hybridized carbons (Fsp3) is 0.182. The third-order valence-electron chi connectivity index (χ3n) is 4.63. The maximum absolute atomic E-state index is 12.6. The smallest absolute Gasteiger partial charge is 0.255 e. The molecule has 0 aliphatic rings. The number of hydrogen-bond donors (Lipinski definition) is 3. The number of sulfonamides is 1. The van der Waals surface area contributed by atoms with Crippen LogP contribution in [0.4, 0.5) is 5.69 Å². The van der Waals surface area contributed by atoms with Crippen LogP contribution in [0, 0.1) is 6.92 Å². The van der Waals surface area contributed by atoms with E-state index in [-0.39, 0.29) is 16.7 Å². The Kier molecular flexibility index (Phi) is 7.21. The number of thiophene rings is 1. The van der Waals surface area contributed by atoms with Crippen molar-refractivity contribution in [1.29, 1.82) is 0 Å². The summed E-state index contributed by atoms with van der Waals surface area (Å²) in [6, 6.07) is 14.6. The van der Waals surface area contributed by atoms with Crippen molar-refractivity contribution in [2.45, 2.75) is 18.2 Å². The molecular formula is C22H23N3O4S2. The molecule has 2 aromatic carbocycles. The maximum Gasteiger partial charge on any atom is 0.255 e. The van der Waals surface area contributed by atoms with Crippen molar-refractivity contribution in [3.8, 4) is 0 Å². The van der Waals surface area contributed by atoms with Crippen molar-refractivity contribution in [2.24, 2.45) is 0 Å². The zero-order valence-corrected chi connectivity index (χ0v) is 18.8. The van der Waals surface area contributed by atoms with Crippen LogP contribution in [0.1, 0.15) is 31.2 Å². The molecule has 3 rings (SSSR count). The SMILES string of the molecule is CNC(=O)c1ccc(NC(=O)c2ccc(S(=O)(=O)NCCc3cccs3)cc2)c(C)c1. The van der Waals surface area contributed by atoms with Gasteiger partial charge in [0.25, 0.3) is 11.8 Å². The highest BCUT2D eigenvalue weighted by Gasteiger charge is 2.15. The summed E-state index contributed by atoms with van der Waals surface area (Å²) in [6.07, 6.45) is 0.620. The number of nitrogens with one attached hydrogen (secondary N) is 3. The lowest BCUT2D eigenvalue weighted by Crippen LogP contribution is -2.26. The number of aryl methyl sites for hydroxylation is 1. The van der Waals surface area contributed by atoms with Gasteiger partial charge in [-0.3, -0.25) is 9.59 Å². The number of benzene rings is 2. The summed E-state index contributed by atoms with van der Waals surface area (Å²) in [7, 11) is -2.10. The van der Waals surface area contributed by atoms with Gasteiger partial charge in [-0.2, -0.15) is 0 Å². The van der Waals surface area contributed by atoms with Crippen molar-refractivity contribution in [3.63, 3.8) is 0 Å². The van der Waals surface area contributed by atoms with Crippen molar-refractivity contribution in [3.05, 3.63) is 81.5 Å². The van der Waals surface area contributed by atoms with Crippen LogP contribution in [0.25, 0.3) is 0 Å². The Labute approximate surface area is 185 Å². The van der Waals surface area contributed by atoms with E-state index in [0.29, 0.717) is 29.8 Å². The molecule has 0 aliphatic carbocycles. The Morgan fingerprint density at radius 1 is 0.968 bits per heavy atom. The van der Waals surface area contributed by atoms with E-state index in [9.17, 15) is 18.0 Å². The molecule has 0 saturated carbocycles. The number of amides is 2. The Morgan fingerprint density at radius 2 is 1.68 bits per heavy atom. The van der Waals surface area contributed by atoms with Crippen LogP contribution < -0.4 is 15.4 Å². The lowest BCUT2D eigenvalue weighted by atomic mass is 10.1. The lowest BCUT2D eigenvalue weighted by Gasteiger charge is -2.11. The van der Waals surface area contributed by atoms with Gasteiger partial charge in [0.05, 0.1) is 4.90 Å². The molecule has 9 heteroatoms. The van der Waals surface area contributed by atoms with E-state index in [0.717, 1.165) is 10.4 Å². The van der Waals surface area contributed by atoms with Crippen molar-refractivity contribution in [1.82, 2.24) is 10.0 Å². The zero-order chi connectivity index (χ0) is 22.4.